The number of nitrogens with zero attached hydrogens (tertiary/aromatic N) is 4. The van der Waals surface area contributed by atoms with E-state index in [4.69, 9.17) is 0 Å². The number of benzene rings is 1. The maximum Gasteiger partial charge on any atom is 0.263 e. The molecule has 27 heavy (non-hydrogen) atoms. The summed E-state index contributed by atoms with van der Waals surface area (Å²) in [5, 5.41) is 0.416. The highest BCUT2D eigenvalue weighted by atomic mass is 19.1. The maximum atomic E-state index is 13.9. The van der Waals surface area contributed by atoms with Crippen LogP contribution in [0.3, 0.4) is 0 Å². The fourth-order valence-corrected chi connectivity index (χ4v) is 3.43. The van der Waals surface area contributed by atoms with Gasteiger partial charge < -0.3 is 4.90 Å². The van der Waals surface area contributed by atoms with Gasteiger partial charge in [-0.1, -0.05) is 12.1 Å². The third-order valence-electron chi connectivity index (χ3n) is 4.98. The van der Waals surface area contributed by atoms with Crippen LogP contribution in [0.2, 0.25) is 0 Å². The molecule has 3 aromatic rings. The van der Waals surface area contributed by atoms with Crippen LogP contribution in [0.1, 0.15) is 24.1 Å². The van der Waals surface area contributed by atoms with Crippen molar-refractivity contribution >= 4 is 22.6 Å². The third kappa shape index (κ3) is 3.20. The van der Waals surface area contributed by atoms with E-state index in [0.29, 0.717) is 11.0 Å². The van der Waals surface area contributed by atoms with E-state index in [-0.39, 0.29) is 17.8 Å². The van der Waals surface area contributed by atoms with Crippen molar-refractivity contribution in [3.63, 3.8) is 0 Å². The summed E-state index contributed by atoms with van der Waals surface area (Å²) < 4.78 is 15.2. The van der Waals surface area contributed by atoms with Crippen molar-refractivity contribution in [1.29, 1.82) is 0 Å². The SMILES string of the molecule is CN(C(=O)Cn1cnc2nc3c(cc2c1=O)CCCC3)c1ccccc1F. The number of amides is 1. The van der Waals surface area contributed by atoms with E-state index in [9.17, 15) is 14.0 Å². The Morgan fingerprint density at radius 3 is 2.85 bits per heavy atom. The second-order valence-electron chi connectivity index (χ2n) is 6.75. The zero-order valence-corrected chi connectivity index (χ0v) is 15.0. The van der Waals surface area contributed by atoms with Crippen molar-refractivity contribution in [3.05, 3.63) is 64.1 Å². The smallest absolute Gasteiger partial charge is 0.263 e. The Labute approximate surface area is 155 Å². The average molecular weight is 366 g/mol. The van der Waals surface area contributed by atoms with Crippen molar-refractivity contribution < 1.29 is 9.18 Å². The Kier molecular flexibility index (Phi) is 4.43. The van der Waals surface area contributed by atoms with Gasteiger partial charge in [-0.25, -0.2) is 14.4 Å². The van der Waals surface area contributed by atoms with Crippen LogP contribution in [0.25, 0.3) is 11.0 Å². The molecule has 1 amide bonds. The number of para-hydroxylation sites is 1. The topological polar surface area (TPSA) is 68.1 Å². The van der Waals surface area contributed by atoms with Crippen molar-refractivity contribution in [2.75, 3.05) is 11.9 Å². The van der Waals surface area contributed by atoms with Gasteiger partial charge in [-0.3, -0.25) is 14.2 Å². The largest absolute Gasteiger partial charge is 0.311 e. The van der Waals surface area contributed by atoms with E-state index in [0.717, 1.165) is 36.9 Å². The van der Waals surface area contributed by atoms with E-state index >= 15 is 0 Å². The van der Waals surface area contributed by atoms with Crippen LogP contribution in [0.5, 0.6) is 0 Å². The summed E-state index contributed by atoms with van der Waals surface area (Å²) in [6, 6.07) is 7.87. The Hall–Kier alpha value is -3.09. The van der Waals surface area contributed by atoms with Crippen LogP contribution in [0, 0.1) is 5.82 Å². The van der Waals surface area contributed by atoms with Gasteiger partial charge in [0.1, 0.15) is 18.7 Å². The quantitative estimate of drug-likeness (QED) is 0.714. The number of pyridine rings is 1. The molecule has 2 heterocycles. The first-order chi connectivity index (χ1) is 13.0. The molecule has 0 unspecified atom stereocenters. The Balaban J connectivity index is 1.66. The number of anilines is 1. The number of hydrogen-bond acceptors (Lipinski definition) is 4. The number of halogens is 1. The molecule has 0 radical (unpaired) electrons. The lowest BCUT2D eigenvalue weighted by Crippen LogP contribution is -2.34. The molecule has 0 bridgehead atoms. The lowest BCUT2D eigenvalue weighted by molar-refractivity contribution is -0.119. The van der Waals surface area contributed by atoms with Crippen molar-refractivity contribution in [3.8, 4) is 0 Å². The fraction of sp³-hybridized carbons (Fsp3) is 0.300. The molecule has 7 heteroatoms. The first kappa shape index (κ1) is 17.3. The van der Waals surface area contributed by atoms with Crippen LogP contribution >= 0.6 is 0 Å². The van der Waals surface area contributed by atoms with Gasteiger partial charge >= 0.3 is 0 Å². The lowest BCUT2D eigenvalue weighted by Gasteiger charge is -2.19. The molecule has 0 spiro atoms. The molecule has 6 nitrogen and oxygen atoms in total. The molecular weight excluding hydrogens is 347 g/mol. The Morgan fingerprint density at radius 2 is 2.04 bits per heavy atom. The van der Waals surface area contributed by atoms with E-state index in [1.807, 2.05) is 6.07 Å². The zero-order chi connectivity index (χ0) is 19.0. The van der Waals surface area contributed by atoms with Gasteiger partial charge in [-0.2, -0.15) is 0 Å². The molecule has 1 aromatic carbocycles. The monoisotopic (exact) mass is 366 g/mol. The molecule has 1 aliphatic carbocycles. The molecule has 2 aromatic heterocycles. The van der Waals surface area contributed by atoms with Crippen LogP contribution in [-0.2, 0) is 24.2 Å². The zero-order valence-electron chi connectivity index (χ0n) is 15.0. The molecule has 1 aliphatic rings. The van der Waals surface area contributed by atoms with Gasteiger partial charge in [-0.15, -0.1) is 0 Å². The summed E-state index contributed by atoms with van der Waals surface area (Å²) in [7, 11) is 1.48. The first-order valence-corrected chi connectivity index (χ1v) is 8.93. The number of fused-ring (bicyclic) bond motifs is 2. The fourth-order valence-electron chi connectivity index (χ4n) is 3.43. The summed E-state index contributed by atoms with van der Waals surface area (Å²) in [6.07, 6.45) is 5.32. The van der Waals surface area contributed by atoms with Crippen LogP contribution in [-0.4, -0.2) is 27.5 Å². The highest BCUT2D eigenvalue weighted by molar-refractivity contribution is 5.92. The lowest BCUT2D eigenvalue weighted by atomic mass is 9.95. The van der Waals surface area contributed by atoms with E-state index in [1.165, 1.54) is 35.0 Å². The molecule has 138 valence electrons. The molecular formula is C20H19FN4O2. The highest BCUT2D eigenvalue weighted by Crippen LogP contribution is 2.22. The number of likely N-dealkylation sites (N-methyl/N-ethyl adjacent to an activating group) is 1. The number of rotatable bonds is 3. The minimum absolute atomic E-state index is 0.167. The number of aromatic nitrogens is 3. The number of carbonyl (C=O) groups is 1. The van der Waals surface area contributed by atoms with Gasteiger partial charge in [0.05, 0.1) is 11.1 Å². The van der Waals surface area contributed by atoms with Crippen LogP contribution in [0.15, 0.2) is 41.5 Å². The van der Waals surface area contributed by atoms with Crippen LogP contribution < -0.4 is 10.5 Å². The first-order valence-electron chi connectivity index (χ1n) is 8.93. The predicted molar refractivity (Wildman–Crippen MR) is 100 cm³/mol. The average Bonchev–Trinajstić information content (AvgIpc) is 2.69. The molecule has 0 N–H and O–H groups in total. The van der Waals surface area contributed by atoms with Crippen molar-refractivity contribution in [2.24, 2.45) is 0 Å². The van der Waals surface area contributed by atoms with Gasteiger partial charge in [0.2, 0.25) is 5.91 Å². The van der Waals surface area contributed by atoms with Crippen molar-refractivity contribution in [2.45, 2.75) is 32.2 Å². The van der Waals surface area contributed by atoms with Gasteiger partial charge in [0.25, 0.3) is 5.56 Å². The number of hydrogen-bond donors (Lipinski definition) is 0. The molecule has 0 atom stereocenters. The molecule has 0 fully saturated rings. The summed E-state index contributed by atoms with van der Waals surface area (Å²) in [5.74, 6) is -0.901. The van der Waals surface area contributed by atoms with Crippen molar-refractivity contribution in [1.82, 2.24) is 14.5 Å². The van der Waals surface area contributed by atoms with Gasteiger partial charge in [0, 0.05) is 12.7 Å². The minimum Gasteiger partial charge on any atom is -0.311 e. The van der Waals surface area contributed by atoms with Gasteiger partial charge in [0.15, 0.2) is 5.65 Å². The van der Waals surface area contributed by atoms with E-state index < -0.39 is 11.7 Å². The summed E-state index contributed by atoms with van der Waals surface area (Å²) in [4.78, 5) is 35.3. The van der Waals surface area contributed by atoms with E-state index in [1.54, 1.807) is 12.1 Å². The maximum absolute atomic E-state index is 13.9. The predicted octanol–water partition coefficient (Wildman–Crippen LogP) is 2.47. The summed E-state index contributed by atoms with van der Waals surface area (Å²) in [5.41, 5.74) is 2.36. The molecule has 0 saturated carbocycles. The Bertz CT molecular complexity index is 1090. The minimum atomic E-state index is -0.492. The second-order valence-corrected chi connectivity index (χ2v) is 6.75. The molecule has 0 saturated heterocycles. The highest BCUT2D eigenvalue weighted by Gasteiger charge is 2.18. The second kappa shape index (κ2) is 6.90. The van der Waals surface area contributed by atoms with Crippen LogP contribution in [0.4, 0.5) is 10.1 Å². The summed E-state index contributed by atoms with van der Waals surface area (Å²) in [6.45, 7) is -0.219. The standard InChI is InChI=1S/C20H19FN4O2/c1-24(17-9-5-3-7-15(17)21)18(26)11-25-12-22-19-14(20(25)27)10-13-6-2-4-8-16(13)23-19/h3,5,7,9-10,12H,2,4,6,8,11H2,1H3. The Morgan fingerprint density at radius 1 is 1.26 bits per heavy atom. The van der Waals surface area contributed by atoms with Gasteiger partial charge in [-0.05, 0) is 49.4 Å². The normalized spacial score (nSPS) is 13.4. The summed E-state index contributed by atoms with van der Waals surface area (Å²) >= 11 is 0. The number of aryl methyl sites for hydroxylation is 2. The molecule has 0 aliphatic heterocycles. The number of carbonyl (C=O) groups excluding carboxylic acids is 1. The third-order valence-corrected chi connectivity index (χ3v) is 4.98. The van der Waals surface area contributed by atoms with E-state index in [2.05, 4.69) is 9.97 Å². The molecule has 4 rings (SSSR count).